The molecule has 1 saturated heterocycles. The van der Waals surface area contributed by atoms with Gasteiger partial charge in [-0.25, -0.2) is 0 Å². The van der Waals surface area contributed by atoms with Gasteiger partial charge in [-0.05, 0) is 49.3 Å². The molecule has 3 heteroatoms. The van der Waals surface area contributed by atoms with Crippen molar-refractivity contribution in [2.45, 2.75) is 32.2 Å². The van der Waals surface area contributed by atoms with E-state index in [1.807, 2.05) is 18.2 Å². The van der Waals surface area contributed by atoms with Gasteiger partial charge in [-0.3, -0.25) is 0 Å². The van der Waals surface area contributed by atoms with E-state index in [-0.39, 0.29) is 6.04 Å². The highest BCUT2D eigenvalue weighted by atomic mass is 32.2. The molecule has 1 heterocycles. The van der Waals surface area contributed by atoms with Gasteiger partial charge < -0.3 is 10.4 Å². The highest BCUT2D eigenvalue weighted by Gasteiger charge is 2.17. The van der Waals surface area contributed by atoms with Crippen molar-refractivity contribution in [1.29, 1.82) is 0 Å². The van der Waals surface area contributed by atoms with E-state index in [9.17, 15) is 5.11 Å². The van der Waals surface area contributed by atoms with E-state index in [1.165, 1.54) is 24.3 Å². The average molecular weight is 265 g/mol. The normalized spacial score (nSPS) is 18.7. The number of benzene rings is 1. The third-order valence-corrected chi connectivity index (χ3v) is 4.76. The zero-order chi connectivity index (χ0) is 12.8. The van der Waals surface area contributed by atoms with E-state index < -0.39 is 0 Å². The Morgan fingerprint density at radius 1 is 1.33 bits per heavy atom. The molecule has 0 saturated carbocycles. The fraction of sp³-hybridized carbons (Fsp3) is 0.600. The molecule has 2 nitrogen and oxygen atoms in total. The molecule has 1 fully saturated rings. The molecule has 1 unspecified atom stereocenters. The van der Waals surface area contributed by atoms with Crippen LogP contribution in [0.15, 0.2) is 24.3 Å². The highest BCUT2D eigenvalue weighted by molar-refractivity contribution is 7.99. The Labute approximate surface area is 114 Å². The van der Waals surface area contributed by atoms with Gasteiger partial charge in [0.15, 0.2) is 0 Å². The van der Waals surface area contributed by atoms with Gasteiger partial charge in [-0.1, -0.05) is 25.1 Å². The molecule has 2 rings (SSSR count). The summed E-state index contributed by atoms with van der Waals surface area (Å²) in [5, 5.41) is 13.5. The van der Waals surface area contributed by atoms with Gasteiger partial charge in [0.2, 0.25) is 0 Å². The Hall–Kier alpha value is -0.670. The van der Waals surface area contributed by atoms with Gasteiger partial charge in [-0.2, -0.15) is 11.8 Å². The predicted octanol–water partition coefficient (Wildman–Crippen LogP) is 3.58. The summed E-state index contributed by atoms with van der Waals surface area (Å²) in [4.78, 5) is 0. The fourth-order valence-corrected chi connectivity index (χ4v) is 3.72. The second-order valence-electron chi connectivity index (χ2n) is 4.98. The van der Waals surface area contributed by atoms with Crippen LogP contribution in [-0.2, 0) is 0 Å². The lowest BCUT2D eigenvalue weighted by atomic mass is 9.99. The molecule has 0 aromatic heterocycles. The minimum Gasteiger partial charge on any atom is -0.508 e. The largest absolute Gasteiger partial charge is 0.508 e. The van der Waals surface area contributed by atoms with Gasteiger partial charge in [0.25, 0.3) is 0 Å². The Kier molecular flexibility index (Phi) is 5.39. The fourth-order valence-electron chi connectivity index (χ4n) is 2.52. The lowest BCUT2D eigenvalue weighted by Crippen LogP contribution is -2.29. The molecule has 1 aliphatic rings. The quantitative estimate of drug-likeness (QED) is 0.853. The smallest absolute Gasteiger partial charge is 0.120 e. The van der Waals surface area contributed by atoms with Crippen molar-refractivity contribution in [2.24, 2.45) is 5.92 Å². The molecule has 1 atom stereocenters. The first kappa shape index (κ1) is 13.8. The molecular weight excluding hydrogens is 242 g/mol. The first-order valence-corrected chi connectivity index (χ1v) is 8.05. The van der Waals surface area contributed by atoms with E-state index in [2.05, 4.69) is 24.0 Å². The lowest BCUT2D eigenvalue weighted by Gasteiger charge is -2.25. The Morgan fingerprint density at radius 3 is 2.72 bits per heavy atom. The van der Waals surface area contributed by atoms with Crippen molar-refractivity contribution in [2.75, 3.05) is 18.1 Å². The van der Waals surface area contributed by atoms with Gasteiger partial charge >= 0.3 is 0 Å². The SMILES string of the molecule is CCC(NCC1CCSCC1)c1ccccc1O. The van der Waals surface area contributed by atoms with Gasteiger partial charge in [-0.15, -0.1) is 0 Å². The molecule has 2 N–H and O–H groups in total. The number of nitrogens with one attached hydrogen (secondary N) is 1. The third-order valence-electron chi connectivity index (χ3n) is 3.71. The molecule has 1 aromatic carbocycles. The predicted molar refractivity (Wildman–Crippen MR) is 79.2 cm³/mol. The molecule has 18 heavy (non-hydrogen) atoms. The highest BCUT2D eigenvalue weighted by Crippen LogP contribution is 2.27. The topological polar surface area (TPSA) is 32.3 Å². The standard InChI is InChI=1S/C15H23NOS/c1-2-14(13-5-3-4-6-15(13)17)16-11-12-7-9-18-10-8-12/h3-6,12,14,16-17H,2,7-11H2,1H3. The maximum atomic E-state index is 9.91. The van der Waals surface area contributed by atoms with Crippen molar-refractivity contribution in [3.05, 3.63) is 29.8 Å². The van der Waals surface area contributed by atoms with Crippen LogP contribution in [-0.4, -0.2) is 23.2 Å². The van der Waals surface area contributed by atoms with Crippen molar-refractivity contribution in [1.82, 2.24) is 5.32 Å². The monoisotopic (exact) mass is 265 g/mol. The van der Waals surface area contributed by atoms with Crippen LogP contribution in [0.1, 0.15) is 37.8 Å². The average Bonchev–Trinajstić information content (AvgIpc) is 2.42. The number of para-hydroxylation sites is 1. The molecule has 1 aromatic rings. The Morgan fingerprint density at radius 2 is 2.06 bits per heavy atom. The zero-order valence-electron chi connectivity index (χ0n) is 11.1. The molecule has 0 bridgehead atoms. The van der Waals surface area contributed by atoms with Crippen LogP contribution in [0.5, 0.6) is 5.75 Å². The van der Waals surface area contributed by atoms with E-state index in [1.54, 1.807) is 6.07 Å². The Bertz CT molecular complexity index is 363. The molecular formula is C15H23NOS. The number of thioether (sulfide) groups is 1. The van der Waals surface area contributed by atoms with Crippen LogP contribution in [0.3, 0.4) is 0 Å². The van der Waals surface area contributed by atoms with Crippen LogP contribution in [0.4, 0.5) is 0 Å². The third kappa shape index (κ3) is 3.66. The lowest BCUT2D eigenvalue weighted by molar-refractivity contribution is 0.392. The van der Waals surface area contributed by atoms with Crippen molar-refractivity contribution >= 4 is 11.8 Å². The molecule has 1 aliphatic heterocycles. The zero-order valence-corrected chi connectivity index (χ0v) is 11.9. The summed E-state index contributed by atoms with van der Waals surface area (Å²) >= 11 is 2.07. The number of rotatable bonds is 5. The second-order valence-corrected chi connectivity index (χ2v) is 6.21. The number of hydrogen-bond acceptors (Lipinski definition) is 3. The summed E-state index contributed by atoms with van der Waals surface area (Å²) in [5.74, 6) is 3.83. The minimum atomic E-state index is 0.278. The molecule has 0 aliphatic carbocycles. The molecule has 0 radical (unpaired) electrons. The van der Waals surface area contributed by atoms with Crippen molar-refractivity contribution in [3.63, 3.8) is 0 Å². The van der Waals surface area contributed by atoms with E-state index in [0.29, 0.717) is 5.75 Å². The van der Waals surface area contributed by atoms with Crippen molar-refractivity contribution in [3.8, 4) is 5.75 Å². The number of aromatic hydroxyl groups is 1. The van der Waals surface area contributed by atoms with Crippen LogP contribution >= 0.6 is 11.8 Å². The van der Waals surface area contributed by atoms with Crippen LogP contribution in [0.2, 0.25) is 0 Å². The van der Waals surface area contributed by atoms with Gasteiger partial charge in [0.05, 0.1) is 0 Å². The number of phenols is 1. The van der Waals surface area contributed by atoms with Crippen LogP contribution < -0.4 is 5.32 Å². The number of phenolic OH excluding ortho intramolecular Hbond substituents is 1. The Balaban J connectivity index is 1.91. The summed E-state index contributed by atoms with van der Waals surface area (Å²) < 4.78 is 0. The molecule has 100 valence electrons. The summed E-state index contributed by atoms with van der Waals surface area (Å²) in [6, 6.07) is 7.95. The summed E-state index contributed by atoms with van der Waals surface area (Å²) in [6.45, 7) is 3.24. The molecule has 0 amide bonds. The summed E-state index contributed by atoms with van der Waals surface area (Å²) in [6.07, 6.45) is 3.67. The van der Waals surface area contributed by atoms with Gasteiger partial charge in [0, 0.05) is 11.6 Å². The van der Waals surface area contributed by atoms with Crippen LogP contribution in [0.25, 0.3) is 0 Å². The maximum absolute atomic E-state index is 9.91. The van der Waals surface area contributed by atoms with Crippen molar-refractivity contribution < 1.29 is 5.11 Å². The number of hydrogen-bond donors (Lipinski definition) is 2. The van der Waals surface area contributed by atoms with E-state index in [0.717, 1.165) is 24.4 Å². The second kappa shape index (κ2) is 7.05. The van der Waals surface area contributed by atoms with Gasteiger partial charge in [0.1, 0.15) is 5.75 Å². The molecule has 0 spiro atoms. The summed E-state index contributed by atoms with van der Waals surface area (Å²) in [5.41, 5.74) is 1.03. The van der Waals surface area contributed by atoms with Crippen LogP contribution in [0, 0.1) is 5.92 Å². The van der Waals surface area contributed by atoms with E-state index >= 15 is 0 Å². The van der Waals surface area contributed by atoms with E-state index in [4.69, 9.17) is 0 Å². The first-order valence-electron chi connectivity index (χ1n) is 6.90. The summed E-state index contributed by atoms with van der Waals surface area (Å²) in [7, 11) is 0. The first-order chi connectivity index (χ1) is 8.81. The maximum Gasteiger partial charge on any atom is 0.120 e. The minimum absolute atomic E-state index is 0.278.